The van der Waals surface area contributed by atoms with Gasteiger partial charge in [-0.3, -0.25) is 52.8 Å². The topological polar surface area (TPSA) is 599 Å². The fraction of sp³-hybridized carbons (Fsp3) is 0.743. The van der Waals surface area contributed by atoms with Crippen molar-refractivity contribution >= 4 is 77.1 Å². The smallest absolute Gasteiger partial charge is 0.407 e. The molecule has 11 amide bonds. The van der Waals surface area contributed by atoms with E-state index in [1.165, 1.54) is 21.1 Å². The molecular weight excluding hydrogens is 1500 g/mol. The Morgan fingerprint density at radius 2 is 1.14 bits per heavy atom. The van der Waals surface area contributed by atoms with Crippen LogP contribution in [0.3, 0.4) is 0 Å². The van der Waals surface area contributed by atoms with Crippen LogP contribution in [0.1, 0.15) is 125 Å². The van der Waals surface area contributed by atoms with Gasteiger partial charge in [-0.25, -0.2) is 14.4 Å². The standard InChI is InChI=1S/C74H126N12O28/c1-14-41(6)61(85(11)71(106)59(39(2)3)83-70(105)60(40(4)5)84(9)10)53(111-12)34-58(97)86-29-18-22-48(86)66(112-13)42(7)67(102)82-46(32-44-20-16-15-17-21-44)69(104)75-27-19-30-113-73(109)43(8)79-57(96)33-47(72(107)108)81-55(94)25-28-76-74(110)114-31-26-56(95)80-45(68(103)78-36-50(90)63(99)65(101)52(92)38-88)23-24-54(93)77-35-49(89)62(98)64(100)51(91)37-87/h15-17,20-21,39-43,45-53,59-66,87-92,98-101H,14,18-19,22-38H2,1-13H3,(H,75,104)(H,76,110)(H,77,93)(H,78,103)(H,79,96)(H,80,95)(H,81,94)(H,82,102)(H,83,105)(H,107,108)/t41-,42+,43?,45?,46-,47?,48-,49-,50-,51+,52+,53+,59-,60-,61-,62+,63+,64-,65-,66+/m0/s1. The van der Waals surface area contributed by atoms with Gasteiger partial charge in [0.05, 0.1) is 87.5 Å². The van der Waals surface area contributed by atoms with E-state index in [2.05, 4.69) is 47.9 Å². The third-order valence-electron chi connectivity index (χ3n) is 19.6. The lowest BCUT2D eigenvalue weighted by atomic mass is 9.89. The molecule has 1 aliphatic rings. The highest BCUT2D eigenvalue weighted by Crippen LogP contribution is 2.30. The number of methoxy groups -OCH3 is 2. The monoisotopic (exact) mass is 1630 g/mol. The number of hydrogen-bond acceptors (Lipinski definition) is 28. The SMILES string of the molecule is CC[C@H](C)[C@@H]([C@@H](CC(=O)N1CCC[C@H]1[C@H](OC)[C@@H](C)C(=O)N[C@@H](Cc1ccccc1)C(=O)NCCCOC(=O)C(C)NC(=O)CC(NC(=O)CCNC(=O)OCCC(=O)NC(CCC(=O)NC[C@H](O)[C@@H](O)[C@@H](O)[C@H](O)CO)C(=O)NC[C@H](O)[C@@H](O)[C@@H](O)[C@H](O)CO)C(=O)O)OC)N(C)C(=O)[C@@H](NC(=O)[C@H](C(C)C)N(C)C)C(C)C. The van der Waals surface area contributed by atoms with Crippen molar-refractivity contribution in [1.82, 2.24) is 62.6 Å². The molecule has 0 radical (unpaired) electrons. The molecule has 40 nitrogen and oxygen atoms in total. The lowest BCUT2D eigenvalue weighted by molar-refractivity contribution is -0.148. The number of ether oxygens (including phenoxy) is 4. The number of carboxylic acids is 1. The van der Waals surface area contributed by atoms with Crippen LogP contribution in [0, 0.1) is 23.7 Å². The summed E-state index contributed by atoms with van der Waals surface area (Å²) in [4.78, 5) is 178. The molecule has 2 rings (SSSR count). The number of alkyl carbamates (subject to hydrolysis) is 1. The summed E-state index contributed by atoms with van der Waals surface area (Å²) < 4.78 is 22.3. The number of likely N-dealkylation sites (tertiary alicyclic amines) is 1. The minimum Gasteiger partial charge on any atom is -0.480 e. The molecule has 1 aliphatic heterocycles. The molecule has 0 bridgehead atoms. The first-order valence-electron chi connectivity index (χ1n) is 38.2. The number of benzene rings is 1. The second-order valence-electron chi connectivity index (χ2n) is 29.4. The highest BCUT2D eigenvalue weighted by atomic mass is 16.6. The number of aliphatic hydroxyl groups excluding tert-OH is 10. The fourth-order valence-corrected chi connectivity index (χ4v) is 12.9. The van der Waals surface area contributed by atoms with Crippen LogP contribution in [-0.4, -0.2) is 352 Å². The Labute approximate surface area is 664 Å². The van der Waals surface area contributed by atoms with E-state index in [1.807, 2.05) is 60.5 Å². The zero-order valence-corrected chi connectivity index (χ0v) is 67.4. The summed E-state index contributed by atoms with van der Waals surface area (Å²) in [6, 6.07) is 0.510. The third kappa shape index (κ3) is 34.2. The van der Waals surface area contributed by atoms with Gasteiger partial charge in [0, 0.05) is 73.3 Å². The van der Waals surface area contributed by atoms with Crippen molar-refractivity contribution in [3.8, 4) is 0 Å². The van der Waals surface area contributed by atoms with Crippen LogP contribution < -0.4 is 47.9 Å². The molecule has 1 fully saturated rings. The fourth-order valence-electron chi connectivity index (χ4n) is 12.9. The van der Waals surface area contributed by atoms with Crippen molar-refractivity contribution < 1.29 is 137 Å². The lowest BCUT2D eigenvalue weighted by Crippen LogP contribution is -2.59. The maximum absolute atomic E-state index is 14.6. The van der Waals surface area contributed by atoms with Crippen molar-refractivity contribution in [3.05, 3.63) is 35.9 Å². The van der Waals surface area contributed by atoms with E-state index < -0.39 is 246 Å². The van der Waals surface area contributed by atoms with Gasteiger partial charge in [-0.1, -0.05) is 85.2 Å². The molecule has 0 spiro atoms. The number of aliphatic carboxylic acids is 1. The normalized spacial score (nSPS) is 17.9. The number of esters is 1. The number of carbonyl (C=O) groups excluding carboxylic acids is 12. The third-order valence-corrected chi connectivity index (χ3v) is 19.6. The van der Waals surface area contributed by atoms with E-state index in [1.54, 1.807) is 54.1 Å². The Balaban J connectivity index is 2.00. The van der Waals surface area contributed by atoms with Gasteiger partial charge >= 0.3 is 18.0 Å². The summed E-state index contributed by atoms with van der Waals surface area (Å²) in [5, 5.41) is 129. The van der Waals surface area contributed by atoms with Gasteiger partial charge in [0.2, 0.25) is 59.1 Å². The van der Waals surface area contributed by atoms with Gasteiger partial charge in [-0.05, 0) is 70.0 Å². The van der Waals surface area contributed by atoms with Crippen LogP contribution in [0.2, 0.25) is 0 Å². The van der Waals surface area contributed by atoms with Crippen LogP contribution in [0.5, 0.6) is 0 Å². The van der Waals surface area contributed by atoms with Crippen LogP contribution in [0.15, 0.2) is 30.3 Å². The van der Waals surface area contributed by atoms with Gasteiger partial charge in [0.1, 0.15) is 73.4 Å². The van der Waals surface area contributed by atoms with E-state index in [9.17, 15) is 108 Å². The number of carbonyl (C=O) groups is 13. The highest BCUT2D eigenvalue weighted by Gasteiger charge is 2.44. The van der Waals surface area contributed by atoms with Crippen molar-refractivity contribution in [2.45, 2.75) is 235 Å². The molecular formula is C74H126N12O28. The number of hydrogen-bond donors (Lipinski definition) is 20. The molecule has 20 N–H and O–H groups in total. The molecule has 1 heterocycles. The average Bonchev–Trinajstić information content (AvgIpc) is 1.50. The van der Waals surface area contributed by atoms with Gasteiger partial charge in [-0.15, -0.1) is 0 Å². The highest BCUT2D eigenvalue weighted by molar-refractivity contribution is 5.93. The molecule has 0 aliphatic carbocycles. The second-order valence-corrected chi connectivity index (χ2v) is 29.4. The number of rotatable bonds is 54. The van der Waals surface area contributed by atoms with Crippen molar-refractivity contribution in [2.75, 3.05) is 94.5 Å². The maximum atomic E-state index is 14.6. The predicted molar refractivity (Wildman–Crippen MR) is 406 cm³/mol. The molecule has 1 aromatic carbocycles. The summed E-state index contributed by atoms with van der Waals surface area (Å²) in [7, 11) is 8.22. The van der Waals surface area contributed by atoms with Gasteiger partial charge in [-0.2, -0.15) is 0 Å². The van der Waals surface area contributed by atoms with E-state index in [-0.39, 0.29) is 67.9 Å². The zero-order chi connectivity index (χ0) is 86.4. The first kappa shape index (κ1) is 102. The van der Waals surface area contributed by atoms with E-state index in [0.717, 1.165) is 0 Å². The van der Waals surface area contributed by atoms with Gasteiger partial charge in [0.15, 0.2) is 0 Å². The Bertz CT molecular complexity index is 3190. The average molecular weight is 1630 g/mol. The van der Waals surface area contributed by atoms with Crippen molar-refractivity contribution in [1.29, 1.82) is 0 Å². The Hall–Kier alpha value is -8.39. The molecule has 1 saturated heterocycles. The molecule has 0 aromatic heterocycles. The molecule has 0 saturated carbocycles. The molecule has 1 aromatic rings. The minimum atomic E-state index is -2.10. The van der Waals surface area contributed by atoms with Crippen LogP contribution >= 0.6 is 0 Å². The van der Waals surface area contributed by atoms with Gasteiger partial charge < -0.3 is 133 Å². The van der Waals surface area contributed by atoms with Crippen molar-refractivity contribution in [2.24, 2.45) is 23.7 Å². The predicted octanol–water partition coefficient (Wildman–Crippen LogP) is -6.25. The Morgan fingerprint density at radius 3 is 1.68 bits per heavy atom. The number of likely N-dealkylation sites (N-methyl/N-ethyl adjacent to an activating group) is 2. The molecule has 20 atom stereocenters. The van der Waals surface area contributed by atoms with Crippen LogP contribution in [0.4, 0.5) is 4.79 Å². The Morgan fingerprint density at radius 1 is 0.570 bits per heavy atom. The lowest BCUT2D eigenvalue weighted by Gasteiger charge is -2.41. The molecule has 3 unspecified atom stereocenters. The van der Waals surface area contributed by atoms with Crippen LogP contribution in [0.25, 0.3) is 0 Å². The first-order chi connectivity index (χ1) is 53.6. The number of nitrogens with zero attached hydrogens (tertiary/aromatic N) is 3. The number of amides is 11. The van der Waals surface area contributed by atoms with Gasteiger partial charge in [0.25, 0.3) is 0 Å². The Kier molecular flexibility index (Phi) is 46.6. The van der Waals surface area contributed by atoms with E-state index in [0.29, 0.717) is 31.4 Å². The summed E-state index contributed by atoms with van der Waals surface area (Å²) in [5.74, 6) is -10.8. The minimum absolute atomic E-state index is 0.0347. The molecule has 114 heavy (non-hydrogen) atoms. The number of carboxylic acid groups (broad SMARTS) is 1. The largest absolute Gasteiger partial charge is 0.480 e. The first-order valence-corrected chi connectivity index (χ1v) is 38.2. The molecule has 40 heteroatoms. The quantitative estimate of drug-likeness (QED) is 0.0213. The van der Waals surface area contributed by atoms with Crippen LogP contribution in [-0.2, 0) is 82.9 Å². The zero-order valence-electron chi connectivity index (χ0n) is 67.4. The number of aliphatic hydroxyl groups is 10. The summed E-state index contributed by atoms with van der Waals surface area (Å²) in [5.41, 5.74) is 0.716. The van der Waals surface area contributed by atoms with E-state index in [4.69, 9.17) is 29.2 Å². The van der Waals surface area contributed by atoms with Crippen molar-refractivity contribution in [3.63, 3.8) is 0 Å². The summed E-state index contributed by atoms with van der Waals surface area (Å²) >= 11 is 0. The summed E-state index contributed by atoms with van der Waals surface area (Å²) in [6.07, 6.45) is -19.9. The second kappa shape index (κ2) is 52.2. The number of nitrogens with one attached hydrogen (secondary N) is 9. The van der Waals surface area contributed by atoms with E-state index >= 15 is 0 Å². The summed E-state index contributed by atoms with van der Waals surface area (Å²) in [6.45, 7) is 9.87. The maximum Gasteiger partial charge on any atom is 0.407 e. The molecule has 650 valence electrons.